The molecule has 4 nitrogen and oxygen atoms in total. The van der Waals surface area contributed by atoms with Gasteiger partial charge in [-0.2, -0.15) is 0 Å². The number of rotatable bonds is 2. The second-order valence-electron chi connectivity index (χ2n) is 6.73. The summed E-state index contributed by atoms with van der Waals surface area (Å²) in [5.74, 6) is -1.42. The van der Waals surface area contributed by atoms with Crippen molar-refractivity contribution in [3.63, 3.8) is 0 Å². The molecular formula is C20H15Cl2NO3S. The molecule has 2 fully saturated rings. The molecule has 4 rings (SSSR count). The average molecular weight is 420 g/mol. The summed E-state index contributed by atoms with van der Waals surface area (Å²) in [6, 6.07) is 14.3. The van der Waals surface area contributed by atoms with Crippen LogP contribution in [0.15, 0.2) is 48.5 Å². The Morgan fingerprint density at radius 3 is 1.74 bits per heavy atom. The number of ketones is 1. The summed E-state index contributed by atoms with van der Waals surface area (Å²) in [6.07, 6.45) is 0.302. The zero-order valence-corrected chi connectivity index (χ0v) is 16.4. The Morgan fingerprint density at radius 2 is 1.33 bits per heavy atom. The molecule has 1 aliphatic heterocycles. The SMILES string of the molecule is O=C1CC(c2ccccc2Cl)C2(SC(=O)NC2=O)C(c2ccccc2Cl)C1. The van der Waals surface area contributed by atoms with Gasteiger partial charge in [0.15, 0.2) is 0 Å². The molecule has 27 heavy (non-hydrogen) atoms. The van der Waals surface area contributed by atoms with E-state index in [1.54, 1.807) is 24.3 Å². The number of imide groups is 1. The smallest absolute Gasteiger partial charge is 0.286 e. The first-order valence-corrected chi connectivity index (χ1v) is 10.1. The van der Waals surface area contributed by atoms with Crippen LogP contribution in [0.4, 0.5) is 4.79 Å². The average Bonchev–Trinajstić information content (AvgIpc) is 2.93. The van der Waals surface area contributed by atoms with Crippen LogP contribution in [0.1, 0.15) is 35.8 Å². The van der Waals surface area contributed by atoms with Crippen molar-refractivity contribution in [2.24, 2.45) is 0 Å². The molecule has 2 aliphatic rings. The fraction of sp³-hybridized carbons (Fsp3) is 0.250. The van der Waals surface area contributed by atoms with Gasteiger partial charge in [-0.15, -0.1) is 0 Å². The van der Waals surface area contributed by atoms with Gasteiger partial charge in [0, 0.05) is 34.7 Å². The second kappa shape index (κ2) is 6.97. The monoisotopic (exact) mass is 419 g/mol. The molecule has 2 atom stereocenters. The van der Waals surface area contributed by atoms with E-state index < -0.39 is 21.8 Å². The first kappa shape index (κ1) is 18.5. The van der Waals surface area contributed by atoms with Crippen LogP contribution in [0.5, 0.6) is 0 Å². The topological polar surface area (TPSA) is 63.2 Å². The predicted octanol–water partition coefficient (Wildman–Crippen LogP) is 4.95. The van der Waals surface area contributed by atoms with Crippen molar-refractivity contribution in [3.8, 4) is 0 Å². The third-order valence-corrected chi connectivity index (χ3v) is 7.36. The number of hydrogen-bond donors (Lipinski definition) is 1. The summed E-state index contributed by atoms with van der Waals surface area (Å²) < 4.78 is -1.17. The van der Waals surface area contributed by atoms with E-state index >= 15 is 0 Å². The van der Waals surface area contributed by atoms with E-state index in [0.717, 1.165) is 11.8 Å². The van der Waals surface area contributed by atoms with E-state index in [-0.39, 0.29) is 24.5 Å². The van der Waals surface area contributed by atoms with Crippen molar-refractivity contribution in [2.45, 2.75) is 29.4 Å². The number of amides is 2. The lowest BCUT2D eigenvalue weighted by molar-refractivity contribution is -0.127. The highest BCUT2D eigenvalue weighted by molar-refractivity contribution is 8.16. The number of hydrogen-bond acceptors (Lipinski definition) is 4. The molecule has 2 amide bonds. The molecule has 0 aromatic heterocycles. The molecular weight excluding hydrogens is 405 g/mol. The molecule has 7 heteroatoms. The van der Waals surface area contributed by atoms with Gasteiger partial charge in [-0.1, -0.05) is 59.6 Å². The number of thioether (sulfide) groups is 1. The fourth-order valence-electron chi connectivity index (χ4n) is 4.16. The molecule has 138 valence electrons. The Balaban J connectivity index is 1.95. The third kappa shape index (κ3) is 2.98. The Bertz CT molecular complexity index is 904. The third-order valence-electron chi connectivity index (χ3n) is 5.29. The summed E-state index contributed by atoms with van der Waals surface area (Å²) >= 11 is 13.8. The molecule has 1 saturated heterocycles. The zero-order chi connectivity index (χ0) is 19.2. The Hall–Kier alpha value is -1.82. The fourth-order valence-corrected chi connectivity index (χ4v) is 5.99. The van der Waals surface area contributed by atoms with Gasteiger partial charge in [0.1, 0.15) is 10.5 Å². The summed E-state index contributed by atoms with van der Waals surface area (Å²) in [7, 11) is 0. The number of carbonyl (C=O) groups excluding carboxylic acids is 3. The van der Waals surface area contributed by atoms with E-state index in [9.17, 15) is 14.4 Å². The van der Waals surface area contributed by atoms with Crippen LogP contribution < -0.4 is 5.32 Å². The summed E-state index contributed by atoms with van der Waals surface area (Å²) in [5, 5.41) is 2.95. The lowest BCUT2D eigenvalue weighted by atomic mass is 9.65. The highest BCUT2D eigenvalue weighted by Crippen LogP contribution is 2.59. The minimum absolute atomic E-state index is 0.0169. The Labute approximate surface area is 170 Å². The molecule has 1 saturated carbocycles. The van der Waals surface area contributed by atoms with Crippen LogP contribution in [-0.4, -0.2) is 21.7 Å². The summed E-state index contributed by atoms with van der Waals surface area (Å²) in [6.45, 7) is 0. The lowest BCUT2D eigenvalue weighted by Gasteiger charge is -2.44. The van der Waals surface area contributed by atoms with E-state index in [0.29, 0.717) is 21.2 Å². The minimum Gasteiger partial charge on any atom is -0.300 e. The first-order valence-electron chi connectivity index (χ1n) is 8.48. The molecule has 1 aliphatic carbocycles. The van der Waals surface area contributed by atoms with Gasteiger partial charge in [-0.25, -0.2) is 0 Å². The normalized spacial score (nSPS) is 27.9. The van der Waals surface area contributed by atoms with Crippen LogP contribution in [0.25, 0.3) is 0 Å². The Morgan fingerprint density at radius 1 is 0.852 bits per heavy atom. The van der Waals surface area contributed by atoms with Gasteiger partial charge in [-0.3, -0.25) is 19.7 Å². The molecule has 2 aromatic rings. The second-order valence-corrected chi connectivity index (χ2v) is 8.80. The van der Waals surface area contributed by atoms with Crippen LogP contribution in [0, 0.1) is 0 Å². The maximum Gasteiger partial charge on any atom is 0.286 e. The van der Waals surface area contributed by atoms with E-state index in [2.05, 4.69) is 5.32 Å². The van der Waals surface area contributed by atoms with E-state index in [4.69, 9.17) is 23.2 Å². The van der Waals surface area contributed by atoms with Gasteiger partial charge in [0.2, 0.25) is 5.91 Å². The molecule has 1 N–H and O–H groups in total. The maximum atomic E-state index is 13.1. The van der Waals surface area contributed by atoms with Gasteiger partial charge in [0.25, 0.3) is 5.24 Å². The van der Waals surface area contributed by atoms with Gasteiger partial charge in [0.05, 0.1) is 0 Å². The summed E-state index contributed by atoms with van der Waals surface area (Å²) in [4.78, 5) is 38.0. The first-order chi connectivity index (χ1) is 12.9. The number of Topliss-reactive ketones (excluding diaryl/α,β-unsaturated/α-hetero) is 1. The highest BCUT2D eigenvalue weighted by atomic mass is 35.5. The van der Waals surface area contributed by atoms with Crippen molar-refractivity contribution < 1.29 is 14.4 Å². The zero-order valence-electron chi connectivity index (χ0n) is 14.1. The molecule has 0 bridgehead atoms. The number of halogens is 2. The minimum atomic E-state index is -1.17. The lowest BCUT2D eigenvalue weighted by Crippen LogP contribution is -2.51. The predicted molar refractivity (Wildman–Crippen MR) is 106 cm³/mol. The van der Waals surface area contributed by atoms with E-state index in [1.165, 1.54) is 0 Å². The number of carbonyl (C=O) groups is 3. The van der Waals surface area contributed by atoms with Crippen LogP contribution in [0.3, 0.4) is 0 Å². The van der Waals surface area contributed by atoms with Crippen molar-refractivity contribution >= 4 is 51.9 Å². The molecule has 1 spiro atoms. The largest absolute Gasteiger partial charge is 0.300 e. The van der Waals surface area contributed by atoms with Gasteiger partial charge in [-0.05, 0) is 35.0 Å². The van der Waals surface area contributed by atoms with Crippen molar-refractivity contribution in [1.82, 2.24) is 5.32 Å². The van der Waals surface area contributed by atoms with Gasteiger partial charge >= 0.3 is 0 Å². The van der Waals surface area contributed by atoms with Crippen LogP contribution >= 0.6 is 35.0 Å². The highest BCUT2D eigenvalue weighted by Gasteiger charge is 2.62. The van der Waals surface area contributed by atoms with Crippen molar-refractivity contribution in [1.29, 1.82) is 0 Å². The maximum absolute atomic E-state index is 13.1. The van der Waals surface area contributed by atoms with Crippen LogP contribution in [-0.2, 0) is 9.59 Å². The molecule has 0 radical (unpaired) electrons. The van der Waals surface area contributed by atoms with E-state index in [1.807, 2.05) is 24.3 Å². The molecule has 1 heterocycles. The quantitative estimate of drug-likeness (QED) is 0.747. The number of benzene rings is 2. The summed E-state index contributed by atoms with van der Waals surface area (Å²) in [5.41, 5.74) is 1.39. The van der Waals surface area contributed by atoms with Crippen molar-refractivity contribution in [2.75, 3.05) is 0 Å². The number of nitrogens with one attached hydrogen (secondary N) is 1. The molecule has 2 aromatic carbocycles. The van der Waals surface area contributed by atoms with Gasteiger partial charge < -0.3 is 0 Å². The Kier molecular flexibility index (Phi) is 4.78. The van der Waals surface area contributed by atoms with Crippen LogP contribution in [0.2, 0.25) is 10.0 Å². The van der Waals surface area contributed by atoms with Crippen molar-refractivity contribution in [3.05, 3.63) is 69.7 Å². The molecule has 2 unspecified atom stereocenters. The standard InChI is InChI=1S/C20H15Cl2NO3S/c21-16-7-3-1-5-12(16)14-9-11(24)10-15(13-6-2-4-8-17(13)22)20(14)18(25)23-19(26)27-20/h1-8,14-15H,9-10H2,(H,23,25,26).